The highest BCUT2D eigenvalue weighted by atomic mass is 35.5. The zero-order chi connectivity index (χ0) is 19.2. The van der Waals surface area contributed by atoms with Crippen LogP contribution in [-0.2, 0) is 10.0 Å². The minimum atomic E-state index is -3.97. The van der Waals surface area contributed by atoms with Crippen molar-refractivity contribution in [3.63, 3.8) is 0 Å². The first-order valence-corrected chi connectivity index (χ1v) is 10.8. The maximum Gasteiger partial charge on any atom is 0.264 e. The second kappa shape index (κ2) is 6.96. The summed E-state index contributed by atoms with van der Waals surface area (Å²) in [5, 5.41) is 12.2. The van der Waals surface area contributed by atoms with Crippen LogP contribution in [0, 0.1) is 0 Å². The number of aliphatic imine (C=N–C) groups is 1. The number of rotatable bonds is 2. The van der Waals surface area contributed by atoms with Crippen molar-refractivity contribution in [3.8, 4) is 0 Å². The number of halogens is 2. The van der Waals surface area contributed by atoms with Crippen LogP contribution < -0.4 is 5.14 Å². The molecule has 0 aliphatic carbocycles. The maximum absolute atomic E-state index is 11.8. The third-order valence-electron chi connectivity index (χ3n) is 3.97. The lowest BCUT2D eigenvalue weighted by atomic mass is 10.0. The van der Waals surface area contributed by atoms with Crippen LogP contribution in [0.25, 0.3) is 5.70 Å². The number of hydrogen-bond donors (Lipinski definition) is 1. The zero-order valence-corrected chi connectivity index (χ0v) is 16.7. The molecule has 2 heterocycles. The second-order valence-electron chi connectivity index (χ2n) is 5.75. The van der Waals surface area contributed by atoms with Gasteiger partial charge in [-0.1, -0.05) is 59.6 Å². The molecule has 0 aromatic heterocycles. The van der Waals surface area contributed by atoms with E-state index in [0.717, 1.165) is 17.3 Å². The van der Waals surface area contributed by atoms with Crippen molar-refractivity contribution < 1.29 is 8.42 Å². The Kier molecular flexibility index (Phi) is 4.77. The van der Waals surface area contributed by atoms with Crippen LogP contribution in [0.5, 0.6) is 0 Å². The van der Waals surface area contributed by atoms with Crippen molar-refractivity contribution in [2.24, 2.45) is 15.2 Å². The van der Waals surface area contributed by atoms with E-state index in [1.807, 2.05) is 36.4 Å². The molecule has 0 saturated carbocycles. The summed E-state index contributed by atoms with van der Waals surface area (Å²) in [6, 6.07) is 14.2. The van der Waals surface area contributed by atoms with E-state index in [4.69, 9.17) is 28.3 Å². The molecule has 2 aromatic rings. The normalized spacial score (nSPS) is 19.3. The maximum atomic E-state index is 11.8. The average molecular weight is 439 g/mol. The van der Waals surface area contributed by atoms with Gasteiger partial charge in [0.25, 0.3) is 10.0 Å². The van der Waals surface area contributed by atoms with Gasteiger partial charge in [0.2, 0.25) is 4.38 Å². The highest BCUT2D eigenvalue weighted by Gasteiger charge is 2.38. The van der Waals surface area contributed by atoms with Crippen LogP contribution in [0.3, 0.4) is 0 Å². The first kappa shape index (κ1) is 18.5. The summed E-state index contributed by atoms with van der Waals surface area (Å²) in [6.07, 6.45) is 1.85. The molecular weight excluding hydrogens is 427 g/mol. The molecule has 138 valence electrons. The van der Waals surface area contributed by atoms with E-state index < -0.39 is 16.1 Å². The topological polar surface area (TPSA) is 88.1 Å². The summed E-state index contributed by atoms with van der Waals surface area (Å²) in [6.45, 7) is 0. The number of sulfonamides is 1. The monoisotopic (exact) mass is 438 g/mol. The Hall–Kier alpha value is -1.84. The second-order valence-corrected chi connectivity index (χ2v) is 9.26. The number of benzene rings is 2. The van der Waals surface area contributed by atoms with Crippen molar-refractivity contribution in [3.05, 3.63) is 75.8 Å². The summed E-state index contributed by atoms with van der Waals surface area (Å²) in [5.41, 5.74) is 2.16. The average Bonchev–Trinajstić information content (AvgIpc) is 3.07. The molecule has 2 aliphatic heterocycles. The molecule has 0 saturated heterocycles. The number of amidine groups is 1. The molecule has 0 bridgehead atoms. The number of nitrogens with zero attached hydrogens (tertiary/aromatic N) is 3. The van der Waals surface area contributed by atoms with Crippen LogP contribution in [0.15, 0.2) is 64.7 Å². The lowest BCUT2D eigenvalue weighted by Crippen LogP contribution is -2.27. The van der Waals surface area contributed by atoms with E-state index in [-0.39, 0.29) is 4.38 Å². The quantitative estimate of drug-likeness (QED) is 0.765. The minimum absolute atomic E-state index is 0.225. The standard InChI is InChI=1S/C17H12Cl2N4O2S2/c18-11-7-4-8-12(19)15(11)14-9-13(10-5-2-1-3-6-10)21-16-23(14)22-17(26-16)27(20,24)25/h1-9,14H,(H2,20,24,25). The van der Waals surface area contributed by atoms with Crippen LogP contribution in [0.4, 0.5) is 0 Å². The summed E-state index contributed by atoms with van der Waals surface area (Å²) < 4.78 is 23.3. The third kappa shape index (κ3) is 3.51. The fourth-order valence-corrected chi connectivity index (χ4v) is 4.96. The molecule has 0 fully saturated rings. The van der Waals surface area contributed by atoms with E-state index in [1.54, 1.807) is 18.2 Å². The summed E-state index contributed by atoms with van der Waals surface area (Å²) in [7, 11) is -3.97. The lowest BCUT2D eigenvalue weighted by Gasteiger charge is -2.29. The van der Waals surface area contributed by atoms with Gasteiger partial charge < -0.3 is 0 Å². The van der Waals surface area contributed by atoms with Gasteiger partial charge in [-0.25, -0.2) is 23.6 Å². The number of primary sulfonamides is 1. The Morgan fingerprint density at radius 1 is 1.04 bits per heavy atom. The molecular formula is C17H12Cl2N4O2S2. The molecule has 0 amide bonds. The van der Waals surface area contributed by atoms with Crippen molar-refractivity contribution in [1.29, 1.82) is 0 Å². The number of hydrogen-bond acceptors (Lipinski definition) is 6. The molecule has 1 atom stereocenters. The number of nitrogens with two attached hydrogens (primary N) is 1. The summed E-state index contributed by atoms with van der Waals surface area (Å²) >= 11 is 13.7. The van der Waals surface area contributed by atoms with Crippen molar-refractivity contribution in [2.45, 2.75) is 6.04 Å². The Labute approximate surface area is 170 Å². The van der Waals surface area contributed by atoms with Gasteiger partial charge in [0.15, 0.2) is 5.17 Å². The smallest absolute Gasteiger partial charge is 0.228 e. The van der Waals surface area contributed by atoms with E-state index in [9.17, 15) is 8.42 Å². The molecule has 0 radical (unpaired) electrons. The van der Waals surface area contributed by atoms with Crippen molar-refractivity contribution in [1.82, 2.24) is 5.01 Å². The van der Waals surface area contributed by atoms with E-state index in [1.165, 1.54) is 5.01 Å². The van der Waals surface area contributed by atoms with Gasteiger partial charge in [-0.05, 0) is 35.5 Å². The molecule has 1 unspecified atom stereocenters. The first-order chi connectivity index (χ1) is 12.8. The fourth-order valence-electron chi connectivity index (χ4n) is 2.78. The van der Waals surface area contributed by atoms with Crippen LogP contribution >= 0.6 is 35.0 Å². The van der Waals surface area contributed by atoms with Gasteiger partial charge >= 0.3 is 0 Å². The van der Waals surface area contributed by atoms with Gasteiger partial charge in [0.05, 0.1) is 5.70 Å². The number of thioether (sulfide) groups is 1. The van der Waals surface area contributed by atoms with Crippen molar-refractivity contribution in [2.75, 3.05) is 0 Å². The third-order valence-corrected chi connectivity index (χ3v) is 6.86. The molecule has 6 nitrogen and oxygen atoms in total. The van der Waals surface area contributed by atoms with Crippen LogP contribution in [0.1, 0.15) is 17.2 Å². The lowest BCUT2D eigenvalue weighted by molar-refractivity contribution is 0.395. The Morgan fingerprint density at radius 2 is 1.70 bits per heavy atom. The Balaban J connectivity index is 1.89. The molecule has 2 aliphatic rings. The molecule has 2 N–H and O–H groups in total. The summed E-state index contributed by atoms with van der Waals surface area (Å²) in [4.78, 5) is 4.56. The summed E-state index contributed by atoms with van der Waals surface area (Å²) in [5.74, 6) is 0. The predicted molar refractivity (Wildman–Crippen MR) is 111 cm³/mol. The number of fused-ring (bicyclic) bond motifs is 1. The zero-order valence-electron chi connectivity index (χ0n) is 13.6. The van der Waals surface area contributed by atoms with Crippen LogP contribution in [0.2, 0.25) is 10.0 Å². The minimum Gasteiger partial charge on any atom is -0.228 e. The molecule has 0 spiro atoms. The fraction of sp³-hybridized carbons (Fsp3) is 0.0588. The van der Waals surface area contributed by atoms with Gasteiger partial charge in [0.1, 0.15) is 6.04 Å². The highest BCUT2D eigenvalue weighted by Crippen LogP contribution is 2.43. The van der Waals surface area contributed by atoms with Gasteiger partial charge in [0, 0.05) is 15.6 Å². The first-order valence-electron chi connectivity index (χ1n) is 7.73. The Bertz CT molecular complexity index is 1090. The molecule has 27 heavy (non-hydrogen) atoms. The number of hydrazone groups is 1. The van der Waals surface area contributed by atoms with Gasteiger partial charge in [-0.2, -0.15) is 0 Å². The Morgan fingerprint density at radius 3 is 2.33 bits per heavy atom. The van der Waals surface area contributed by atoms with Crippen LogP contribution in [-0.4, -0.2) is 23.0 Å². The largest absolute Gasteiger partial charge is 0.264 e. The van der Waals surface area contributed by atoms with E-state index >= 15 is 0 Å². The molecule has 2 aromatic carbocycles. The molecule has 4 rings (SSSR count). The van der Waals surface area contributed by atoms with Gasteiger partial charge in [-0.3, -0.25) is 0 Å². The van der Waals surface area contributed by atoms with E-state index in [0.29, 0.717) is 26.5 Å². The molecule has 10 heteroatoms. The van der Waals surface area contributed by atoms with E-state index in [2.05, 4.69) is 10.1 Å². The SMILES string of the molecule is NS(=O)(=O)C1=NN2C(=NC(c3ccccc3)=CC2c2c(Cl)cccc2Cl)S1. The van der Waals surface area contributed by atoms with Crippen molar-refractivity contribution >= 4 is 60.2 Å². The highest BCUT2D eigenvalue weighted by molar-refractivity contribution is 8.42. The van der Waals surface area contributed by atoms with Gasteiger partial charge in [-0.15, -0.1) is 5.10 Å². The predicted octanol–water partition coefficient (Wildman–Crippen LogP) is 4.05.